The van der Waals surface area contributed by atoms with Crippen molar-refractivity contribution in [1.29, 1.82) is 0 Å². The Kier molecular flexibility index (Phi) is 4.31. The minimum Gasteiger partial charge on any atom is -0.368 e. The van der Waals surface area contributed by atoms with Gasteiger partial charge in [-0.1, -0.05) is 12.1 Å². The summed E-state index contributed by atoms with van der Waals surface area (Å²) in [4.78, 5) is 13.0. The molecule has 0 bridgehead atoms. The topological polar surface area (TPSA) is 72.3 Å². The van der Waals surface area contributed by atoms with Crippen LogP contribution in [0.1, 0.15) is 19.4 Å². The number of hydrogen-bond acceptors (Lipinski definition) is 3. The van der Waals surface area contributed by atoms with E-state index in [2.05, 4.69) is 0 Å². The Hall–Kier alpha value is -1.55. The van der Waals surface area contributed by atoms with Crippen LogP contribution in [0.3, 0.4) is 0 Å². The third-order valence-corrected chi connectivity index (χ3v) is 2.43. The molecule has 4 nitrogen and oxygen atoms in total. The second-order valence-corrected chi connectivity index (χ2v) is 4.06. The lowest BCUT2D eigenvalue weighted by Gasteiger charge is -2.28. The molecule has 0 aliphatic rings. The van der Waals surface area contributed by atoms with Gasteiger partial charge in [0.05, 0.1) is 6.54 Å². The monoisotopic (exact) mass is 221 g/mol. The van der Waals surface area contributed by atoms with E-state index in [1.807, 2.05) is 43.0 Å². The molecule has 0 radical (unpaired) electrons. The zero-order valence-corrected chi connectivity index (χ0v) is 9.81. The minimum absolute atomic E-state index is 0.223. The van der Waals surface area contributed by atoms with Gasteiger partial charge in [0, 0.05) is 18.3 Å². The number of carbonyl (C=O) groups is 1. The van der Waals surface area contributed by atoms with Gasteiger partial charge >= 0.3 is 0 Å². The third kappa shape index (κ3) is 3.24. The Morgan fingerprint density at radius 3 is 2.62 bits per heavy atom. The van der Waals surface area contributed by atoms with E-state index < -0.39 is 0 Å². The number of nitrogens with two attached hydrogens (primary N) is 2. The fraction of sp³-hybridized carbons (Fsp3) is 0.417. The van der Waals surface area contributed by atoms with Crippen LogP contribution in [-0.4, -0.2) is 18.5 Å². The lowest BCUT2D eigenvalue weighted by molar-refractivity contribution is -0.116. The van der Waals surface area contributed by atoms with E-state index in [1.165, 1.54) is 0 Å². The SMILES string of the molecule is CC(C)N(CC(N)=O)c1cccc(CN)c1. The summed E-state index contributed by atoms with van der Waals surface area (Å²) < 4.78 is 0. The molecule has 1 rings (SSSR count). The third-order valence-electron chi connectivity index (χ3n) is 2.43. The van der Waals surface area contributed by atoms with E-state index in [4.69, 9.17) is 11.5 Å². The maximum absolute atomic E-state index is 11.0. The molecule has 0 fully saturated rings. The lowest BCUT2D eigenvalue weighted by atomic mass is 10.1. The van der Waals surface area contributed by atoms with Crippen molar-refractivity contribution in [2.75, 3.05) is 11.4 Å². The van der Waals surface area contributed by atoms with E-state index >= 15 is 0 Å². The first-order valence-corrected chi connectivity index (χ1v) is 5.38. The largest absolute Gasteiger partial charge is 0.368 e. The van der Waals surface area contributed by atoms with Gasteiger partial charge in [0.15, 0.2) is 0 Å². The summed E-state index contributed by atoms with van der Waals surface area (Å²) in [5.41, 5.74) is 12.9. The molecule has 0 heterocycles. The molecule has 0 aromatic heterocycles. The van der Waals surface area contributed by atoms with Crippen LogP contribution in [0.25, 0.3) is 0 Å². The van der Waals surface area contributed by atoms with Crippen molar-refractivity contribution in [3.63, 3.8) is 0 Å². The molecule has 0 unspecified atom stereocenters. The van der Waals surface area contributed by atoms with E-state index in [0.717, 1.165) is 11.3 Å². The summed E-state index contributed by atoms with van der Waals surface area (Å²) in [5, 5.41) is 0. The van der Waals surface area contributed by atoms with Crippen molar-refractivity contribution in [3.8, 4) is 0 Å². The molecule has 16 heavy (non-hydrogen) atoms. The molecule has 0 aliphatic heterocycles. The quantitative estimate of drug-likeness (QED) is 0.774. The number of amides is 1. The first kappa shape index (κ1) is 12.5. The van der Waals surface area contributed by atoms with E-state index in [9.17, 15) is 4.79 Å². The highest BCUT2D eigenvalue weighted by atomic mass is 16.1. The Bertz CT molecular complexity index is 363. The highest BCUT2D eigenvalue weighted by molar-refractivity contribution is 5.79. The van der Waals surface area contributed by atoms with Crippen LogP contribution < -0.4 is 16.4 Å². The molecule has 1 aromatic carbocycles. The summed E-state index contributed by atoms with van der Waals surface area (Å²) in [6.07, 6.45) is 0. The summed E-state index contributed by atoms with van der Waals surface area (Å²) >= 11 is 0. The molecular formula is C12H19N3O. The predicted molar refractivity (Wildman–Crippen MR) is 66.0 cm³/mol. The van der Waals surface area contributed by atoms with Crippen LogP contribution in [0.15, 0.2) is 24.3 Å². The van der Waals surface area contributed by atoms with Gasteiger partial charge in [-0.2, -0.15) is 0 Å². The molecule has 0 saturated carbocycles. The zero-order valence-electron chi connectivity index (χ0n) is 9.81. The maximum Gasteiger partial charge on any atom is 0.236 e. The Balaban J connectivity index is 2.95. The zero-order chi connectivity index (χ0) is 12.1. The first-order valence-electron chi connectivity index (χ1n) is 5.38. The van der Waals surface area contributed by atoms with Crippen molar-refractivity contribution in [1.82, 2.24) is 0 Å². The minimum atomic E-state index is -0.327. The number of anilines is 1. The van der Waals surface area contributed by atoms with Gasteiger partial charge in [-0.05, 0) is 31.5 Å². The molecule has 0 atom stereocenters. The number of primary amides is 1. The molecule has 0 saturated heterocycles. The fourth-order valence-corrected chi connectivity index (χ4v) is 1.60. The van der Waals surface area contributed by atoms with Gasteiger partial charge in [-0.15, -0.1) is 0 Å². The first-order chi connectivity index (χ1) is 7.54. The second kappa shape index (κ2) is 5.51. The summed E-state index contributed by atoms with van der Waals surface area (Å²) in [6, 6.07) is 8.08. The smallest absolute Gasteiger partial charge is 0.236 e. The lowest BCUT2D eigenvalue weighted by Crippen LogP contribution is -2.38. The molecule has 1 amide bonds. The molecule has 0 spiro atoms. The summed E-state index contributed by atoms with van der Waals surface area (Å²) in [6.45, 7) is 4.78. The molecule has 88 valence electrons. The van der Waals surface area contributed by atoms with E-state index in [-0.39, 0.29) is 18.5 Å². The second-order valence-electron chi connectivity index (χ2n) is 4.06. The molecule has 4 heteroatoms. The summed E-state index contributed by atoms with van der Waals surface area (Å²) in [7, 11) is 0. The van der Waals surface area contributed by atoms with Crippen LogP contribution in [0.2, 0.25) is 0 Å². The highest BCUT2D eigenvalue weighted by Gasteiger charge is 2.12. The van der Waals surface area contributed by atoms with Crippen LogP contribution in [0.5, 0.6) is 0 Å². The van der Waals surface area contributed by atoms with Gasteiger partial charge in [-0.25, -0.2) is 0 Å². The number of carbonyl (C=O) groups excluding carboxylic acids is 1. The number of benzene rings is 1. The van der Waals surface area contributed by atoms with Crippen molar-refractivity contribution < 1.29 is 4.79 Å². The van der Waals surface area contributed by atoms with Crippen LogP contribution in [0, 0.1) is 0 Å². The van der Waals surface area contributed by atoms with Crippen molar-refractivity contribution in [3.05, 3.63) is 29.8 Å². The van der Waals surface area contributed by atoms with Crippen LogP contribution in [0.4, 0.5) is 5.69 Å². The predicted octanol–water partition coefficient (Wildman–Crippen LogP) is 0.845. The average molecular weight is 221 g/mol. The molecule has 4 N–H and O–H groups in total. The van der Waals surface area contributed by atoms with Crippen molar-refractivity contribution in [2.45, 2.75) is 26.4 Å². The number of rotatable bonds is 5. The maximum atomic E-state index is 11.0. The number of nitrogens with zero attached hydrogens (tertiary/aromatic N) is 1. The Morgan fingerprint density at radius 2 is 2.12 bits per heavy atom. The Labute approximate surface area is 96.2 Å². The molecular weight excluding hydrogens is 202 g/mol. The standard InChI is InChI=1S/C12H19N3O/c1-9(2)15(8-12(14)16)11-5-3-4-10(6-11)7-13/h3-6,9H,7-8,13H2,1-2H3,(H2,14,16). The van der Waals surface area contributed by atoms with Gasteiger partial charge in [-0.3, -0.25) is 4.79 Å². The Morgan fingerprint density at radius 1 is 1.44 bits per heavy atom. The number of hydrogen-bond donors (Lipinski definition) is 2. The van der Waals surface area contributed by atoms with Gasteiger partial charge < -0.3 is 16.4 Å². The van der Waals surface area contributed by atoms with Crippen molar-refractivity contribution in [2.24, 2.45) is 11.5 Å². The van der Waals surface area contributed by atoms with Gasteiger partial charge in [0.2, 0.25) is 5.91 Å². The normalized spacial score (nSPS) is 10.5. The highest BCUT2D eigenvalue weighted by Crippen LogP contribution is 2.18. The fourth-order valence-electron chi connectivity index (χ4n) is 1.60. The average Bonchev–Trinajstić information content (AvgIpc) is 2.25. The molecule has 1 aromatic rings. The summed E-state index contributed by atoms with van der Waals surface area (Å²) in [5.74, 6) is -0.327. The van der Waals surface area contributed by atoms with Gasteiger partial charge in [0.25, 0.3) is 0 Å². The van der Waals surface area contributed by atoms with Crippen molar-refractivity contribution >= 4 is 11.6 Å². The van der Waals surface area contributed by atoms with E-state index in [1.54, 1.807) is 0 Å². The van der Waals surface area contributed by atoms with E-state index in [0.29, 0.717) is 6.54 Å². The molecule has 0 aliphatic carbocycles. The van der Waals surface area contributed by atoms with Crippen LogP contribution in [-0.2, 0) is 11.3 Å². The van der Waals surface area contributed by atoms with Gasteiger partial charge in [0.1, 0.15) is 0 Å². The van der Waals surface area contributed by atoms with Crippen LogP contribution >= 0.6 is 0 Å².